The topological polar surface area (TPSA) is 162 Å². The molecule has 2 aromatic rings. The molecule has 0 aliphatic heterocycles. The summed E-state index contributed by atoms with van der Waals surface area (Å²) in [5, 5.41) is 22.3. The number of carbonyl (C=O) groups is 2. The van der Waals surface area contributed by atoms with Gasteiger partial charge in [-0.2, -0.15) is 0 Å². The number of amides is 1. The monoisotopic (exact) mass is 372 g/mol. The number of thioether (sulfide) groups is 1. The molecule has 1 amide bonds. The molecule has 12 heteroatoms. The smallest absolute Gasteiger partial charge is 0.433 e. The van der Waals surface area contributed by atoms with Crippen LogP contribution in [-0.2, 0) is 9.59 Å². The highest BCUT2D eigenvalue weighted by Gasteiger charge is 2.23. The third-order valence-electron chi connectivity index (χ3n) is 2.67. The second-order valence-corrected chi connectivity index (χ2v) is 6.80. The van der Waals surface area contributed by atoms with Gasteiger partial charge in [-0.3, -0.25) is 14.9 Å². The second-order valence-electron chi connectivity index (χ2n) is 4.49. The van der Waals surface area contributed by atoms with Crippen molar-refractivity contribution in [3.8, 4) is 11.5 Å². The first-order valence-corrected chi connectivity index (χ1v) is 8.21. The van der Waals surface area contributed by atoms with Crippen molar-refractivity contribution in [3.05, 3.63) is 22.2 Å². The molecule has 1 atom stereocenters. The Morgan fingerprint density at radius 3 is 2.83 bits per heavy atom. The zero-order chi connectivity index (χ0) is 17.9. The van der Waals surface area contributed by atoms with E-state index in [4.69, 9.17) is 15.3 Å². The molecule has 2 aromatic heterocycles. The number of furan rings is 1. The summed E-state index contributed by atoms with van der Waals surface area (Å²) in [5.41, 5.74) is 5.96. The summed E-state index contributed by atoms with van der Waals surface area (Å²) in [6, 6.07) is 1.49. The van der Waals surface area contributed by atoms with Crippen molar-refractivity contribution >= 4 is 46.0 Å². The van der Waals surface area contributed by atoms with E-state index in [1.807, 2.05) is 0 Å². The highest BCUT2D eigenvalue weighted by molar-refractivity contribution is 8.01. The first kappa shape index (κ1) is 17.7. The lowest BCUT2D eigenvalue weighted by molar-refractivity contribution is -0.401. The molecule has 2 heterocycles. The van der Waals surface area contributed by atoms with Gasteiger partial charge in [0.05, 0.1) is 10.3 Å². The van der Waals surface area contributed by atoms with Crippen LogP contribution >= 0.6 is 23.1 Å². The minimum atomic E-state index is -1.18. The Kier molecular flexibility index (Phi) is 5.41. The number of aromatic nitrogens is 1. The van der Waals surface area contributed by atoms with E-state index in [9.17, 15) is 19.7 Å². The maximum absolute atomic E-state index is 11.1. The normalized spacial score (nSPS) is 11.9. The molecule has 0 saturated carbocycles. The first-order chi connectivity index (χ1) is 11.3. The molecule has 10 nitrogen and oxygen atoms in total. The van der Waals surface area contributed by atoms with Gasteiger partial charge < -0.3 is 20.6 Å². The van der Waals surface area contributed by atoms with Crippen LogP contribution in [0.5, 0.6) is 0 Å². The molecule has 0 saturated heterocycles. The molecule has 24 heavy (non-hydrogen) atoms. The summed E-state index contributed by atoms with van der Waals surface area (Å²) in [7, 11) is 0. The molecule has 0 aliphatic carbocycles. The Morgan fingerprint density at radius 2 is 2.29 bits per heavy atom. The molecule has 0 fully saturated rings. The molecular formula is C12H12N4O6S2. The van der Waals surface area contributed by atoms with Gasteiger partial charge in [-0.1, -0.05) is 11.3 Å². The van der Waals surface area contributed by atoms with E-state index in [0.717, 1.165) is 23.1 Å². The Bertz CT molecular complexity index is 786. The van der Waals surface area contributed by atoms with Gasteiger partial charge in [-0.25, -0.2) is 9.78 Å². The fourth-order valence-electron chi connectivity index (χ4n) is 1.71. The number of nitrogen functional groups attached to an aromatic ring is 1. The molecule has 4 N–H and O–H groups in total. The number of nitrogens with zero attached hydrogens (tertiary/aromatic N) is 2. The average Bonchev–Trinajstić information content (AvgIpc) is 3.09. The minimum absolute atomic E-state index is 0.0341. The lowest BCUT2D eigenvalue weighted by Crippen LogP contribution is -2.41. The molecule has 0 unspecified atom stereocenters. The van der Waals surface area contributed by atoms with Gasteiger partial charge >= 0.3 is 11.9 Å². The van der Waals surface area contributed by atoms with Gasteiger partial charge in [0.15, 0.2) is 10.9 Å². The van der Waals surface area contributed by atoms with Crippen molar-refractivity contribution in [3.63, 3.8) is 0 Å². The number of nitrogens with one attached hydrogen (secondary N) is 1. The Labute approximate surface area is 143 Å². The number of aliphatic carboxylic acids is 1. The zero-order valence-electron chi connectivity index (χ0n) is 12.2. The van der Waals surface area contributed by atoms with Crippen LogP contribution < -0.4 is 11.1 Å². The van der Waals surface area contributed by atoms with Gasteiger partial charge in [-0.05, 0) is 6.07 Å². The summed E-state index contributed by atoms with van der Waals surface area (Å²) in [6.45, 7) is 1.22. The van der Waals surface area contributed by atoms with Crippen LogP contribution in [0.15, 0.2) is 20.8 Å². The zero-order valence-corrected chi connectivity index (χ0v) is 13.8. The number of hydrogen-bond donors (Lipinski definition) is 3. The maximum Gasteiger partial charge on any atom is 0.433 e. The first-order valence-electron chi connectivity index (χ1n) is 6.41. The number of nitrogens with two attached hydrogens (primary N) is 1. The summed E-state index contributed by atoms with van der Waals surface area (Å²) >= 11 is 2.20. The van der Waals surface area contributed by atoms with Crippen LogP contribution in [0, 0.1) is 10.1 Å². The lowest BCUT2D eigenvalue weighted by Gasteiger charge is -2.12. The Balaban J connectivity index is 2.20. The molecule has 128 valence electrons. The number of nitro groups is 1. The highest BCUT2D eigenvalue weighted by Crippen LogP contribution is 2.39. The SMILES string of the molecule is CC(=O)N[C@@H](CSc1sc(N)nc1-c1ccc([N+](=O)[O-])o1)C(=O)O. The second kappa shape index (κ2) is 7.31. The number of thiazole rings is 1. The Morgan fingerprint density at radius 1 is 1.58 bits per heavy atom. The van der Waals surface area contributed by atoms with Crippen molar-refractivity contribution in [2.75, 3.05) is 11.5 Å². The van der Waals surface area contributed by atoms with Crippen LogP contribution in [0.25, 0.3) is 11.5 Å². The number of rotatable bonds is 7. The van der Waals surface area contributed by atoms with Crippen molar-refractivity contribution in [2.45, 2.75) is 17.2 Å². The number of carboxylic acid groups (broad SMARTS) is 1. The maximum atomic E-state index is 11.1. The highest BCUT2D eigenvalue weighted by atomic mass is 32.2. The molecule has 0 aromatic carbocycles. The number of hydrogen-bond acceptors (Lipinski definition) is 9. The molecule has 2 rings (SSSR count). The van der Waals surface area contributed by atoms with Crippen molar-refractivity contribution in [1.29, 1.82) is 0 Å². The van der Waals surface area contributed by atoms with Gasteiger partial charge in [0, 0.05) is 12.7 Å². The standard InChI is InChI=1S/C12H12N4O6S2/c1-5(17)14-6(10(18)19)4-23-11-9(15-12(13)24-11)7-2-3-8(22-7)16(20)21/h2-3,6H,4H2,1H3,(H2,13,15)(H,14,17)(H,18,19)/t6-/m0/s1. The van der Waals surface area contributed by atoms with Crippen LogP contribution in [0.1, 0.15) is 6.92 Å². The predicted molar refractivity (Wildman–Crippen MR) is 86.8 cm³/mol. The van der Waals surface area contributed by atoms with Gasteiger partial charge in [0.25, 0.3) is 0 Å². The van der Waals surface area contributed by atoms with Crippen LogP contribution in [0.4, 0.5) is 11.0 Å². The van der Waals surface area contributed by atoms with E-state index in [-0.39, 0.29) is 16.6 Å². The fraction of sp³-hybridized carbons (Fsp3) is 0.250. The summed E-state index contributed by atoms with van der Waals surface area (Å²) in [5.74, 6) is -1.89. The molecule has 0 spiro atoms. The van der Waals surface area contributed by atoms with Crippen LogP contribution in [-0.4, -0.2) is 38.7 Å². The van der Waals surface area contributed by atoms with Crippen molar-refractivity contribution < 1.29 is 24.0 Å². The molecule has 0 bridgehead atoms. The van der Waals surface area contributed by atoms with E-state index in [2.05, 4.69) is 10.3 Å². The molecule has 0 radical (unpaired) electrons. The molecule has 0 aliphatic rings. The molecular weight excluding hydrogens is 360 g/mol. The fourth-order valence-corrected chi connectivity index (χ4v) is 3.80. The predicted octanol–water partition coefficient (Wildman–Crippen LogP) is 1.57. The summed E-state index contributed by atoms with van der Waals surface area (Å²) in [4.78, 5) is 36.2. The largest absolute Gasteiger partial charge is 0.480 e. The van der Waals surface area contributed by atoms with Gasteiger partial charge in [-0.15, -0.1) is 11.8 Å². The quantitative estimate of drug-likeness (QED) is 0.372. The minimum Gasteiger partial charge on any atom is -0.480 e. The van der Waals surface area contributed by atoms with Crippen LogP contribution in [0.2, 0.25) is 0 Å². The third-order valence-corrected chi connectivity index (χ3v) is 4.91. The van der Waals surface area contributed by atoms with Crippen molar-refractivity contribution in [1.82, 2.24) is 10.3 Å². The van der Waals surface area contributed by atoms with Gasteiger partial charge in [0.1, 0.15) is 16.7 Å². The number of anilines is 1. The third kappa shape index (κ3) is 4.23. The van der Waals surface area contributed by atoms with Gasteiger partial charge in [0.2, 0.25) is 5.91 Å². The van der Waals surface area contributed by atoms with Crippen molar-refractivity contribution in [2.24, 2.45) is 0 Å². The average molecular weight is 372 g/mol. The van der Waals surface area contributed by atoms with E-state index >= 15 is 0 Å². The lowest BCUT2D eigenvalue weighted by atomic mass is 10.3. The van der Waals surface area contributed by atoms with Crippen LogP contribution in [0.3, 0.4) is 0 Å². The van der Waals surface area contributed by atoms with E-state index in [0.29, 0.717) is 9.90 Å². The summed E-state index contributed by atoms with van der Waals surface area (Å²) in [6.07, 6.45) is 0. The number of carbonyl (C=O) groups excluding carboxylic acids is 1. The Hall–Kier alpha value is -2.60. The number of carboxylic acids is 1. The summed E-state index contributed by atoms with van der Waals surface area (Å²) < 4.78 is 5.63. The van der Waals surface area contributed by atoms with E-state index in [1.54, 1.807) is 0 Å². The van der Waals surface area contributed by atoms with E-state index < -0.39 is 28.7 Å². The van der Waals surface area contributed by atoms with E-state index in [1.165, 1.54) is 19.1 Å².